The van der Waals surface area contributed by atoms with Gasteiger partial charge >= 0.3 is 6.61 Å². The molecule has 2 rings (SSSR count). The predicted molar refractivity (Wildman–Crippen MR) is 88.6 cm³/mol. The van der Waals surface area contributed by atoms with Crippen molar-refractivity contribution in [3.63, 3.8) is 0 Å². The number of aromatic nitrogens is 1. The van der Waals surface area contributed by atoms with Gasteiger partial charge in [0.05, 0.1) is 12.7 Å². The zero-order chi connectivity index (χ0) is 17.5. The Balaban J connectivity index is 1.96. The lowest BCUT2D eigenvalue weighted by Gasteiger charge is -2.18. The molecular weight excluding hydrogens is 316 g/mol. The monoisotopic (exact) mass is 335 g/mol. The van der Waals surface area contributed by atoms with E-state index in [9.17, 15) is 13.6 Å². The number of anilines is 2. The summed E-state index contributed by atoms with van der Waals surface area (Å²) in [5, 5.41) is 2.87. The van der Waals surface area contributed by atoms with E-state index in [1.54, 1.807) is 11.9 Å². The molecule has 1 aromatic carbocycles. The van der Waals surface area contributed by atoms with Gasteiger partial charge in [0.2, 0.25) is 5.91 Å². The molecule has 0 aliphatic rings. The van der Waals surface area contributed by atoms with Gasteiger partial charge in [0.15, 0.2) is 0 Å². The Morgan fingerprint density at radius 3 is 2.67 bits per heavy atom. The van der Waals surface area contributed by atoms with Crippen LogP contribution in [0.5, 0.6) is 5.75 Å². The molecule has 0 spiro atoms. The highest BCUT2D eigenvalue weighted by molar-refractivity contribution is 5.94. The lowest BCUT2D eigenvalue weighted by Crippen LogP contribution is -2.30. The van der Waals surface area contributed by atoms with E-state index in [2.05, 4.69) is 15.0 Å². The molecule has 128 valence electrons. The second kappa shape index (κ2) is 8.24. The van der Waals surface area contributed by atoms with Crippen LogP contribution < -0.4 is 15.0 Å². The van der Waals surface area contributed by atoms with E-state index < -0.39 is 6.61 Å². The summed E-state index contributed by atoms with van der Waals surface area (Å²) in [6.07, 6.45) is 2.02. The first-order valence-electron chi connectivity index (χ1n) is 7.49. The largest absolute Gasteiger partial charge is 0.433 e. The first-order valence-corrected chi connectivity index (χ1v) is 7.49. The number of amides is 1. The van der Waals surface area contributed by atoms with Crippen LogP contribution in [0.15, 0.2) is 42.6 Å². The van der Waals surface area contributed by atoms with Crippen molar-refractivity contribution in [2.45, 2.75) is 20.0 Å². The molecule has 5 nitrogen and oxygen atoms in total. The topological polar surface area (TPSA) is 54.5 Å². The van der Waals surface area contributed by atoms with Crippen molar-refractivity contribution in [3.8, 4) is 5.75 Å². The minimum absolute atomic E-state index is 0.0246. The van der Waals surface area contributed by atoms with Gasteiger partial charge in [-0.3, -0.25) is 4.79 Å². The molecule has 7 heteroatoms. The molecule has 0 atom stereocenters. The first kappa shape index (κ1) is 17.7. The predicted octanol–water partition coefficient (Wildman–Crippen LogP) is 3.32. The van der Waals surface area contributed by atoms with Crippen LogP contribution >= 0.6 is 0 Å². The Labute approximate surface area is 139 Å². The zero-order valence-corrected chi connectivity index (χ0v) is 13.5. The number of alkyl halides is 2. The number of rotatable bonds is 7. The van der Waals surface area contributed by atoms with Gasteiger partial charge in [0, 0.05) is 12.7 Å². The molecule has 0 radical (unpaired) electrons. The quantitative estimate of drug-likeness (QED) is 0.843. The van der Waals surface area contributed by atoms with Gasteiger partial charge in [-0.2, -0.15) is 8.78 Å². The number of para-hydroxylation sites is 1. The molecule has 0 saturated heterocycles. The molecule has 0 aliphatic heterocycles. The number of nitrogens with zero attached hydrogens (tertiary/aromatic N) is 2. The average Bonchev–Trinajstić information content (AvgIpc) is 2.55. The van der Waals surface area contributed by atoms with Crippen LogP contribution in [0.25, 0.3) is 0 Å². The Morgan fingerprint density at radius 2 is 2.04 bits per heavy atom. The van der Waals surface area contributed by atoms with E-state index in [4.69, 9.17) is 0 Å². The van der Waals surface area contributed by atoms with Crippen LogP contribution in [0.3, 0.4) is 0 Å². The lowest BCUT2D eigenvalue weighted by atomic mass is 10.1. The van der Waals surface area contributed by atoms with Crippen molar-refractivity contribution in [2.24, 2.45) is 0 Å². The minimum atomic E-state index is -2.89. The van der Waals surface area contributed by atoms with Gasteiger partial charge in [-0.25, -0.2) is 4.98 Å². The SMILES string of the molecule is CCc1ccccc1NC(=O)CN(C)c1ccc(OC(F)F)cn1. The van der Waals surface area contributed by atoms with Gasteiger partial charge in [-0.15, -0.1) is 0 Å². The van der Waals surface area contributed by atoms with E-state index in [1.807, 2.05) is 31.2 Å². The summed E-state index contributed by atoms with van der Waals surface area (Å²) in [5.41, 5.74) is 1.84. The molecule has 0 saturated carbocycles. The molecule has 2 aromatic rings. The number of hydrogen-bond donors (Lipinski definition) is 1. The maximum atomic E-state index is 12.2. The average molecular weight is 335 g/mol. The third-order valence-corrected chi connectivity index (χ3v) is 3.39. The standard InChI is InChI=1S/C17H19F2N3O2/c1-3-12-6-4-5-7-14(12)21-16(23)11-22(2)15-9-8-13(10-20-15)24-17(18)19/h4-10,17H,3,11H2,1-2H3,(H,21,23). The van der Waals surface area contributed by atoms with E-state index in [-0.39, 0.29) is 18.2 Å². The number of benzene rings is 1. The van der Waals surface area contributed by atoms with Crippen molar-refractivity contribution in [1.29, 1.82) is 0 Å². The molecule has 0 unspecified atom stereocenters. The highest BCUT2D eigenvalue weighted by Gasteiger charge is 2.11. The number of carbonyl (C=O) groups excluding carboxylic acids is 1. The second-order valence-corrected chi connectivity index (χ2v) is 5.15. The third kappa shape index (κ3) is 4.91. The number of hydrogen-bond acceptors (Lipinski definition) is 4. The molecule has 24 heavy (non-hydrogen) atoms. The minimum Gasteiger partial charge on any atom is -0.433 e. The fraction of sp³-hybridized carbons (Fsp3) is 0.294. The molecule has 0 aliphatic carbocycles. The molecule has 0 fully saturated rings. The number of likely N-dealkylation sites (N-methyl/N-ethyl adjacent to an activating group) is 1. The summed E-state index contributed by atoms with van der Waals surface area (Å²) in [6.45, 7) is -0.788. The maximum Gasteiger partial charge on any atom is 0.387 e. The summed E-state index contributed by atoms with van der Waals surface area (Å²) in [4.78, 5) is 17.8. The highest BCUT2D eigenvalue weighted by atomic mass is 19.3. The van der Waals surface area contributed by atoms with Gasteiger partial charge in [-0.05, 0) is 30.2 Å². The van der Waals surface area contributed by atoms with Gasteiger partial charge in [-0.1, -0.05) is 25.1 Å². The van der Waals surface area contributed by atoms with Crippen LogP contribution in [0.4, 0.5) is 20.3 Å². The third-order valence-electron chi connectivity index (χ3n) is 3.39. The van der Waals surface area contributed by atoms with Crippen molar-refractivity contribution in [2.75, 3.05) is 23.8 Å². The van der Waals surface area contributed by atoms with Crippen molar-refractivity contribution < 1.29 is 18.3 Å². The van der Waals surface area contributed by atoms with Crippen molar-refractivity contribution >= 4 is 17.4 Å². The molecule has 1 N–H and O–H groups in total. The van der Waals surface area contributed by atoms with Gasteiger partial charge in [0.25, 0.3) is 0 Å². The van der Waals surface area contributed by atoms with Crippen LogP contribution in [0.2, 0.25) is 0 Å². The van der Waals surface area contributed by atoms with Crippen molar-refractivity contribution in [3.05, 3.63) is 48.2 Å². The first-order chi connectivity index (χ1) is 11.5. The lowest BCUT2D eigenvalue weighted by molar-refractivity contribution is -0.114. The maximum absolute atomic E-state index is 12.2. The number of nitrogens with one attached hydrogen (secondary N) is 1. The Bertz CT molecular complexity index is 678. The Morgan fingerprint density at radius 1 is 1.29 bits per heavy atom. The van der Waals surface area contributed by atoms with E-state index >= 15 is 0 Å². The molecular formula is C17H19F2N3O2. The van der Waals surface area contributed by atoms with Crippen LogP contribution in [-0.2, 0) is 11.2 Å². The summed E-state index contributed by atoms with van der Waals surface area (Å²) in [7, 11) is 1.70. The fourth-order valence-corrected chi connectivity index (χ4v) is 2.21. The van der Waals surface area contributed by atoms with Gasteiger partial charge < -0.3 is 15.0 Å². The molecule has 0 bridgehead atoms. The fourth-order valence-electron chi connectivity index (χ4n) is 2.21. The van der Waals surface area contributed by atoms with Crippen molar-refractivity contribution in [1.82, 2.24) is 4.98 Å². The number of aryl methyl sites for hydroxylation is 1. The Kier molecular flexibility index (Phi) is 6.06. The smallest absolute Gasteiger partial charge is 0.387 e. The van der Waals surface area contributed by atoms with Gasteiger partial charge in [0.1, 0.15) is 11.6 Å². The number of ether oxygens (including phenoxy) is 1. The Hall–Kier alpha value is -2.70. The number of halogens is 2. The summed E-state index contributed by atoms with van der Waals surface area (Å²) >= 11 is 0. The summed E-state index contributed by atoms with van der Waals surface area (Å²) in [5.74, 6) is 0.270. The van der Waals surface area contributed by atoms with Crippen LogP contribution in [-0.4, -0.2) is 31.1 Å². The highest BCUT2D eigenvalue weighted by Crippen LogP contribution is 2.18. The normalized spacial score (nSPS) is 10.5. The number of carbonyl (C=O) groups is 1. The second-order valence-electron chi connectivity index (χ2n) is 5.15. The molecule has 1 heterocycles. The van der Waals surface area contributed by atoms with E-state index in [0.29, 0.717) is 5.82 Å². The van der Waals surface area contributed by atoms with E-state index in [1.165, 1.54) is 18.3 Å². The summed E-state index contributed by atoms with van der Waals surface area (Å²) < 4.78 is 28.5. The van der Waals surface area contributed by atoms with E-state index in [0.717, 1.165) is 17.7 Å². The van der Waals surface area contributed by atoms with Crippen LogP contribution in [0, 0.1) is 0 Å². The molecule has 1 aromatic heterocycles. The zero-order valence-electron chi connectivity index (χ0n) is 13.5. The molecule has 1 amide bonds. The summed E-state index contributed by atoms with van der Waals surface area (Å²) in [6, 6.07) is 10.5. The van der Waals surface area contributed by atoms with Crippen LogP contribution in [0.1, 0.15) is 12.5 Å². The number of pyridine rings is 1.